The van der Waals surface area contributed by atoms with Gasteiger partial charge in [0, 0.05) is 18.2 Å². The van der Waals surface area contributed by atoms with Crippen LogP contribution in [0.1, 0.15) is 61.9 Å². The highest BCUT2D eigenvalue weighted by Crippen LogP contribution is 2.26. The Morgan fingerprint density at radius 3 is 2.68 bits per heavy atom. The summed E-state index contributed by atoms with van der Waals surface area (Å²) < 4.78 is 0. The van der Waals surface area contributed by atoms with Gasteiger partial charge in [-0.2, -0.15) is 10.4 Å². The SMILES string of the molecule is CCc1nnc(NCc2cccc(NC(=O)C3CCCC3)c2)c(C#N)c1CC. The van der Waals surface area contributed by atoms with Gasteiger partial charge >= 0.3 is 0 Å². The van der Waals surface area contributed by atoms with Crippen molar-refractivity contribution in [1.29, 1.82) is 5.26 Å². The van der Waals surface area contributed by atoms with Gasteiger partial charge < -0.3 is 10.6 Å². The molecule has 1 amide bonds. The number of hydrogen-bond acceptors (Lipinski definition) is 5. The molecular formula is C22H27N5O. The molecule has 1 heterocycles. The molecular weight excluding hydrogens is 350 g/mol. The molecule has 0 aliphatic heterocycles. The molecule has 1 aromatic heterocycles. The zero-order valence-electron chi connectivity index (χ0n) is 16.6. The molecule has 0 unspecified atom stereocenters. The van der Waals surface area contributed by atoms with Crippen molar-refractivity contribution in [2.24, 2.45) is 5.92 Å². The number of carbonyl (C=O) groups excluding carboxylic acids is 1. The topological polar surface area (TPSA) is 90.7 Å². The normalized spacial score (nSPS) is 13.9. The van der Waals surface area contributed by atoms with Gasteiger partial charge in [0.25, 0.3) is 0 Å². The Kier molecular flexibility index (Phi) is 6.59. The van der Waals surface area contributed by atoms with Gasteiger partial charge in [-0.15, -0.1) is 5.10 Å². The maximum Gasteiger partial charge on any atom is 0.227 e. The molecule has 3 rings (SSSR count). The van der Waals surface area contributed by atoms with Gasteiger partial charge in [0.05, 0.1) is 5.69 Å². The number of aryl methyl sites for hydroxylation is 1. The van der Waals surface area contributed by atoms with Crippen LogP contribution in [-0.2, 0) is 24.2 Å². The third-order valence-electron chi connectivity index (χ3n) is 5.34. The van der Waals surface area contributed by atoms with Crippen LogP contribution in [0.3, 0.4) is 0 Å². The summed E-state index contributed by atoms with van der Waals surface area (Å²) in [6, 6.07) is 10.0. The van der Waals surface area contributed by atoms with Crippen molar-refractivity contribution in [3.8, 4) is 6.07 Å². The molecule has 1 aromatic carbocycles. The van der Waals surface area contributed by atoms with E-state index < -0.39 is 0 Å². The van der Waals surface area contributed by atoms with E-state index >= 15 is 0 Å². The molecule has 0 radical (unpaired) electrons. The second kappa shape index (κ2) is 9.32. The lowest BCUT2D eigenvalue weighted by Gasteiger charge is -2.13. The Labute approximate surface area is 166 Å². The lowest BCUT2D eigenvalue weighted by atomic mass is 10.0. The van der Waals surface area contributed by atoms with Gasteiger partial charge in [-0.05, 0) is 48.9 Å². The zero-order chi connectivity index (χ0) is 19.9. The molecule has 2 N–H and O–H groups in total. The maximum absolute atomic E-state index is 12.3. The van der Waals surface area contributed by atoms with E-state index in [1.807, 2.05) is 38.1 Å². The number of hydrogen-bond donors (Lipinski definition) is 2. The fraction of sp³-hybridized carbons (Fsp3) is 0.455. The average Bonchev–Trinajstić information content (AvgIpc) is 3.26. The number of nitrogens with zero attached hydrogens (tertiary/aromatic N) is 3. The Morgan fingerprint density at radius 2 is 2.00 bits per heavy atom. The first-order chi connectivity index (χ1) is 13.7. The van der Waals surface area contributed by atoms with Gasteiger partial charge in [0.2, 0.25) is 5.91 Å². The largest absolute Gasteiger partial charge is 0.363 e. The first-order valence-corrected chi connectivity index (χ1v) is 10.1. The smallest absolute Gasteiger partial charge is 0.227 e. The van der Waals surface area contributed by atoms with Crippen LogP contribution in [0.5, 0.6) is 0 Å². The van der Waals surface area contributed by atoms with Crippen molar-refractivity contribution in [2.45, 2.75) is 58.9 Å². The molecule has 0 spiro atoms. The molecule has 0 atom stereocenters. The Bertz CT molecular complexity index is 881. The van der Waals surface area contributed by atoms with E-state index in [0.29, 0.717) is 17.9 Å². The summed E-state index contributed by atoms with van der Waals surface area (Å²) in [5.74, 6) is 0.764. The molecule has 0 bridgehead atoms. The number of rotatable bonds is 7. The number of aromatic nitrogens is 2. The fourth-order valence-corrected chi connectivity index (χ4v) is 3.79. The summed E-state index contributed by atoms with van der Waals surface area (Å²) in [5, 5.41) is 24.3. The van der Waals surface area contributed by atoms with Crippen LogP contribution in [0.15, 0.2) is 24.3 Å². The van der Waals surface area contributed by atoms with Crippen molar-refractivity contribution in [1.82, 2.24) is 10.2 Å². The van der Waals surface area contributed by atoms with Crippen LogP contribution < -0.4 is 10.6 Å². The molecule has 0 saturated heterocycles. The first kappa shape index (κ1) is 19.8. The minimum atomic E-state index is 0.114. The van der Waals surface area contributed by atoms with Crippen molar-refractivity contribution in [3.63, 3.8) is 0 Å². The van der Waals surface area contributed by atoms with E-state index in [1.54, 1.807) is 0 Å². The summed E-state index contributed by atoms with van der Waals surface area (Å²) in [5.41, 5.74) is 4.22. The molecule has 1 saturated carbocycles. The van der Waals surface area contributed by atoms with E-state index in [9.17, 15) is 10.1 Å². The van der Waals surface area contributed by atoms with Crippen LogP contribution in [0.25, 0.3) is 0 Å². The van der Waals surface area contributed by atoms with Crippen molar-refractivity contribution in [2.75, 3.05) is 10.6 Å². The Hall–Kier alpha value is -2.94. The van der Waals surface area contributed by atoms with Gasteiger partial charge in [-0.1, -0.05) is 38.8 Å². The van der Waals surface area contributed by atoms with Crippen LogP contribution >= 0.6 is 0 Å². The van der Waals surface area contributed by atoms with Gasteiger partial charge in [0.15, 0.2) is 5.82 Å². The molecule has 1 fully saturated rings. The molecule has 6 nitrogen and oxygen atoms in total. The highest BCUT2D eigenvalue weighted by Gasteiger charge is 2.22. The summed E-state index contributed by atoms with van der Waals surface area (Å²) in [4.78, 5) is 12.3. The zero-order valence-corrected chi connectivity index (χ0v) is 16.6. The van der Waals surface area contributed by atoms with E-state index in [4.69, 9.17) is 0 Å². The summed E-state index contributed by atoms with van der Waals surface area (Å²) in [7, 11) is 0. The minimum Gasteiger partial charge on any atom is -0.363 e. The van der Waals surface area contributed by atoms with Gasteiger partial charge in [0.1, 0.15) is 11.6 Å². The van der Waals surface area contributed by atoms with Crippen molar-refractivity contribution in [3.05, 3.63) is 46.6 Å². The third kappa shape index (κ3) is 4.48. The van der Waals surface area contributed by atoms with E-state index in [2.05, 4.69) is 26.9 Å². The number of nitrogens with one attached hydrogen (secondary N) is 2. The van der Waals surface area contributed by atoms with Crippen LogP contribution in [0, 0.1) is 17.2 Å². The van der Waals surface area contributed by atoms with E-state index in [0.717, 1.165) is 61.0 Å². The lowest BCUT2D eigenvalue weighted by molar-refractivity contribution is -0.119. The maximum atomic E-state index is 12.3. The summed E-state index contributed by atoms with van der Waals surface area (Å²) >= 11 is 0. The first-order valence-electron chi connectivity index (χ1n) is 10.1. The number of amides is 1. The second-order valence-corrected chi connectivity index (χ2v) is 7.19. The minimum absolute atomic E-state index is 0.114. The van der Waals surface area contributed by atoms with Crippen molar-refractivity contribution < 1.29 is 4.79 Å². The van der Waals surface area contributed by atoms with E-state index in [-0.39, 0.29) is 11.8 Å². The second-order valence-electron chi connectivity index (χ2n) is 7.19. The summed E-state index contributed by atoms with van der Waals surface area (Å²) in [6.07, 6.45) is 5.75. The Balaban J connectivity index is 1.70. The van der Waals surface area contributed by atoms with E-state index in [1.165, 1.54) is 0 Å². The van der Waals surface area contributed by atoms with Crippen LogP contribution in [0.2, 0.25) is 0 Å². The number of nitriles is 1. The van der Waals surface area contributed by atoms with Gasteiger partial charge in [-0.3, -0.25) is 4.79 Å². The predicted octanol–water partition coefficient (Wildman–Crippen LogP) is 4.21. The molecule has 1 aliphatic rings. The fourth-order valence-electron chi connectivity index (χ4n) is 3.79. The number of anilines is 2. The molecule has 146 valence electrons. The van der Waals surface area contributed by atoms with Gasteiger partial charge in [-0.25, -0.2) is 0 Å². The molecule has 28 heavy (non-hydrogen) atoms. The average molecular weight is 377 g/mol. The van der Waals surface area contributed by atoms with Crippen LogP contribution in [-0.4, -0.2) is 16.1 Å². The standard InChI is InChI=1S/C22H27N5O/c1-3-18-19(13-23)21(27-26-20(18)4-2)24-14-15-8-7-11-17(12-15)25-22(28)16-9-5-6-10-16/h7-8,11-12,16H,3-6,9-10,14H2,1-2H3,(H,24,27)(H,25,28). The molecule has 2 aromatic rings. The number of benzene rings is 1. The lowest BCUT2D eigenvalue weighted by Crippen LogP contribution is -2.20. The molecule has 1 aliphatic carbocycles. The predicted molar refractivity (Wildman–Crippen MR) is 110 cm³/mol. The highest BCUT2D eigenvalue weighted by molar-refractivity contribution is 5.92. The quantitative estimate of drug-likeness (QED) is 0.754. The molecule has 6 heteroatoms. The number of carbonyl (C=O) groups is 1. The van der Waals surface area contributed by atoms with Crippen LogP contribution in [0.4, 0.5) is 11.5 Å². The third-order valence-corrected chi connectivity index (χ3v) is 5.34. The van der Waals surface area contributed by atoms with Crippen molar-refractivity contribution >= 4 is 17.4 Å². The highest BCUT2D eigenvalue weighted by atomic mass is 16.1. The summed E-state index contributed by atoms with van der Waals surface area (Å²) in [6.45, 7) is 4.55. The Morgan fingerprint density at radius 1 is 1.21 bits per heavy atom. The monoisotopic (exact) mass is 377 g/mol.